The number of methoxy groups -OCH3 is 2. The van der Waals surface area contributed by atoms with Crippen molar-refractivity contribution in [3.63, 3.8) is 0 Å². The Bertz CT molecular complexity index is 864. The number of nitrogens with zero attached hydrogens (tertiary/aromatic N) is 1. The molecule has 8 heteroatoms. The van der Waals surface area contributed by atoms with Gasteiger partial charge in [-0.2, -0.15) is 0 Å². The van der Waals surface area contributed by atoms with Crippen LogP contribution in [0.25, 0.3) is 0 Å². The lowest BCUT2D eigenvalue weighted by Gasteiger charge is -2.25. The minimum Gasteiger partial charge on any atom is -0.493 e. The van der Waals surface area contributed by atoms with E-state index >= 15 is 0 Å². The summed E-state index contributed by atoms with van der Waals surface area (Å²) in [6.07, 6.45) is 0.207. The van der Waals surface area contributed by atoms with E-state index in [4.69, 9.17) is 14.2 Å². The first kappa shape index (κ1) is 21.6. The van der Waals surface area contributed by atoms with Crippen LogP contribution in [0.2, 0.25) is 0 Å². The van der Waals surface area contributed by atoms with Gasteiger partial charge in [-0.15, -0.1) is 0 Å². The van der Waals surface area contributed by atoms with E-state index in [2.05, 4.69) is 15.5 Å². The quantitative estimate of drug-likeness (QED) is 0.690. The van der Waals surface area contributed by atoms with Gasteiger partial charge in [0.1, 0.15) is 0 Å². The van der Waals surface area contributed by atoms with Gasteiger partial charge in [-0.25, -0.2) is 0 Å². The van der Waals surface area contributed by atoms with E-state index in [0.717, 1.165) is 18.7 Å². The number of benzene rings is 2. The van der Waals surface area contributed by atoms with E-state index in [9.17, 15) is 9.59 Å². The molecule has 1 heterocycles. The standard InChI is InChI=1S/C22H27N3O5/c1-28-19-8-3-16(13-20(19)29-2)14-21(26)23-17-4-6-18(7-5-17)24-22(27)15-25-9-11-30-12-10-25/h3-8,13H,9-12,14-15H2,1-2H3,(H,23,26)(H,24,27). The second kappa shape index (κ2) is 10.6. The highest BCUT2D eigenvalue weighted by molar-refractivity contribution is 5.94. The van der Waals surface area contributed by atoms with Crippen LogP contribution in [0, 0.1) is 0 Å². The Morgan fingerprint density at radius 1 is 0.900 bits per heavy atom. The summed E-state index contributed by atoms with van der Waals surface area (Å²) in [5.74, 6) is 0.987. The van der Waals surface area contributed by atoms with Crippen molar-refractivity contribution in [2.75, 3.05) is 57.7 Å². The van der Waals surface area contributed by atoms with Gasteiger partial charge in [0.15, 0.2) is 11.5 Å². The predicted molar refractivity (Wildman–Crippen MR) is 114 cm³/mol. The molecule has 0 bridgehead atoms. The number of carbonyl (C=O) groups excluding carboxylic acids is 2. The van der Waals surface area contributed by atoms with Crippen LogP contribution in [0.3, 0.4) is 0 Å². The first-order valence-corrected chi connectivity index (χ1v) is 9.78. The van der Waals surface area contributed by atoms with Crippen molar-refractivity contribution in [3.8, 4) is 11.5 Å². The molecule has 2 aromatic carbocycles. The SMILES string of the molecule is COc1ccc(CC(=O)Nc2ccc(NC(=O)CN3CCOCC3)cc2)cc1OC. The normalized spacial score (nSPS) is 14.1. The van der Waals surface area contributed by atoms with E-state index in [-0.39, 0.29) is 18.2 Å². The molecule has 1 aliphatic rings. The monoisotopic (exact) mass is 413 g/mol. The number of nitrogens with one attached hydrogen (secondary N) is 2. The van der Waals surface area contributed by atoms with Gasteiger partial charge in [0.2, 0.25) is 11.8 Å². The minimum absolute atomic E-state index is 0.0675. The molecule has 0 aliphatic carbocycles. The summed E-state index contributed by atoms with van der Waals surface area (Å²) in [4.78, 5) is 26.6. The van der Waals surface area contributed by atoms with Gasteiger partial charge < -0.3 is 24.8 Å². The highest BCUT2D eigenvalue weighted by Gasteiger charge is 2.14. The number of hydrogen-bond acceptors (Lipinski definition) is 6. The molecule has 3 rings (SSSR count). The summed E-state index contributed by atoms with van der Waals surface area (Å²) in [6.45, 7) is 3.18. The maximum absolute atomic E-state index is 12.4. The second-order valence-corrected chi connectivity index (χ2v) is 6.93. The maximum Gasteiger partial charge on any atom is 0.238 e. The highest BCUT2D eigenvalue weighted by Crippen LogP contribution is 2.27. The van der Waals surface area contributed by atoms with Gasteiger partial charge in [-0.1, -0.05) is 6.07 Å². The summed E-state index contributed by atoms with van der Waals surface area (Å²) in [6, 6.07) is 12.4. The maximum atomic E-state index is 12.4. The van der Waals surface area contributed by atoms with Crippen LogP contribution >= 0.6 is 0 Å². The zero-order chi connectivity index (χ0) is 21.3. The van der Waals surface area contributed by atoms with Crippen molar-refractivity contribution in [2.24, 2.45) is 0 Å². The zero-order valence-electron chi connectivity index (χ0n) is 17.3. The summed E-state index contributed by atoms with van der Waals surface area (Å²) in [7, 11) is 3.13. The number of morpholine rings is 1. The van der Waals surface area contributed by atoms with Crippen LogP contribution in [-0.4, -0.2) is 63.8 Å². The van der Waals surface area contributed by atoms with Gasteiger partial charge >= 0.3 is 0 Å². The van der Waals surface area contributed by atoms with Gasteiger partial charge in [0.25, 0.3) is 0 Å². The Balaban J connectivity index is 1.50. The fourth-order valence-corrected chi connectivity index (χ4v) is 3.18. The molecule has 1 saturated heterocycles. The molecule has 1 fully saturated rings. The molecule has 0 radical (unpaired) electrons. The number of hydrogen-bond donors (Lipinski definition) is 2. The molecule has 0 unspecified atom stereocenters. The summed E-state index contributed by atoms with van der Waals surface area (Å²) < 4.78 is 15.8. The predicted octanol–water partition coefficient (Wildman–Crippen LogP) is 2.16. The average Bonchev–Trinajstić information content (AvgIpc) is 2.75. The fraction of sp³-hybridized carbons (Fsp3) is 0.364. The zero-order valence-corrected chi connectivity index (χ0v) is 17.3. The van der Waals surface area contributed by atoms with Gasteiger partial charge in [0, 0.05) is 24.5 Å². The van der Waals surface area contributed by atoms with Crippen LogP contribution < -0.4 is 20.1 Å². The van der Waals surface area contributed by atoms with E-state index in [0.29, 0.717) is 42.6 Å². The fourth-order valence-electron chi connectivity index (χ4n) is 3.18. The Morgan fingerprint density at radius 3 is 2.10 bits per heavy atom. The molecule has 160 valence electrons. The van der Waals surface area contributed by atoms with Crippen LogP contribution in [0.1, 0.15) is 5.56 Å². The molecule has 30 heavy (non-hydrogen) atoms. The van der Waals surface area contributed by atoms with Crippen molar-refractivity contribution >= 4 is 23.2 Å². The topological polar surface area (TPSA) is 89.1 Å². The molecule has 0 saturated carbocycles. The Morgan fingerprint density at radius 2 is 1.50 bits per heavy atom. The highest BCUT2D eigenvalue weighted by atomic mass is 16.5. The average molecular weight is 413 g/mol. The molecule has 8 nitrogen and oxygen atoms in total. The van der Waals surface area contributed by atoms with Crippen LogP contribution in [0.5, 0.6) is 11.5 Å². The lowest BCUT2D eigenvalue weighted by Crippen LogP contribution is -2.41. The van der Waals surface area contributed by atoms with Gasteiger partial charge in [-0.05, 0) is 42.0 Å². The van der Waals surface area contributed by atoms with Crippen LogP contribution in [0.15, 0.2) is 42.5 Å². The number of anilines is 2. The molecular formula is C22H27N3O5. The number of rotatable bonds is 8. The molecule has 0 atom stereocenters. The smallest absolute Gasteiger partial charge is 0.238 e. The summed E-state index contributed by atoms with van der Waals surface area (Å²) in [5.41, 5.74) is 2.16. The lowest BCUT2D eigenvalue weighted by molar-refractivity contribution is -0.118. The van der Waals surface area contributed by atoms with E-state index < -0.39 is 0 Å². The summed E-state index contributed by atoms with van der Waals surface area (Å²) >= 11 is 0. The van der Waals surface area contributed by atoms with Crippen LogP contribution in [-0.2, 0) is 20.7 Å². The molecule has 0 aromatic heterocycles. The molecule has 2 aromatic rings. The molecule has 1 aliphatic heterocycles. The Hall–Kier alpha value is -3.10. The first-order valence-electron chi connectivity index (χ1n) is 9.78. The largest absolute Gasteiger partial charge is 0.493 e. The minimum atomic E-state index is -0.147. The van der Waals surface area contributed by atoms with E-state index in [1.54, 1.807) is 50.6 Å². The summed E-state index contributed by atoms with van der Waals surface area (Å²) in [5, 5.41) is 5.73. The van der Waals surface area contributed by atoms with E-state index in [1.165, 1.54) is 0 Å². The van der Waals surface area contributed by atoms with Crippen molar-refractivity contribution < 1.29 is 23.8 Å². The molecule has 2 amide bonds. The lowest BCUT2D eigenvalue weighted by atomic mass is 10.1. The van der Waals surface area contributed by atoms with Crippen molar-refractivity contribution in [2.45, 2.75) is 6.42 Å². The van der Waals surface area contributed by atoms with Crippen LogP contribution in [0.4, 0.5) is 11.4 Å². The first-order chi connectivity index (χ1) is 14.6. The van der Waals surface area contributed by atoms with Crippen molar-refractivity contribution in [1.29, 1.82) is 0 Å². The van der Waals surface area contributed by atoms with Crippen molar-refractivity contribution in [1.82, 2.24) is 4.90 Å². The number of carbonyl (C=O) groups is 2. The Labute approximate surface area is 176 Å². The number of ether oxygens (including phenoxy) is 3. The molecule has 2 N–H and O–H groups in total. The second-order valence-electron chi connectivity index (χ2n) is 6.93. The third-order valence-electron chi connectivity index (χ3n) is 4.74. The van der Waals surface area contributed by atoms with Gasteiger partial charge in [-0.3, -0.25) is 14.5 Å². The Kier molecular flexibility index (Phi) is 7.64. The van der Waals surface area contributed by atoms with E-state index in [1.807, 2.05) is 6.07 Å². The van der Waals surface area contributed by atoms with Crippen molar-refractivity contribution in [3.05, 3.63) is 48.0 Å². The number of amides is 2. The molecular weight excluding hydrogens is 386 g/mol. The van der Waals surface area contributed by atoms with Gasteiger partial charge in [0.05, 0.1) is 40.4 Å². The molecule has 0 spiro atoms. The third kappa shape index (κ3) is 6.20. The third-order valence-corrected chi connectivity index (χ3v) is 4.74.